The van der Waals surface area contributed by atoms with Crippen LogP contribution in [0.15, 0.2) is 46.7 Å². The molecule has 4 rings (SSSR count). The van der Waals surface area contributed by atoms with Gasteiger partial charge in [0.15, 0.2) is 0 Å². The van der Waals surface area contributed by atoms with Gasteiger partial charge in [-0.05, 0) is 67.8 Å². The summed E-state index contributed by atoms with van der Waals surface area (Å²) in [5.74, 6) is 0.262. The zero-order valence-electron chi connectivity index (χ0n) is 17.2. The maximum absolute atomic E-state index is 12.6. The molecular weight excluding hydrogens is 434 g/mol. The fraction of sp³-hybridized carbons (Fsp3) is 0.455. The van der Waals surface area contributed by atoms with E-state index in [0.29, 0.717) is 31.6 Å². The molecule has 1 aliphatic heterocycles. The predicted molar refractivity (Wildman–Crippen MR) is 119 cm³/mol. The van der Waals surface area contributed by atoms with Gasteiger partial charge in [-0.15, -0.1) is 11.3 Å². The number of thiophene rings is 1. The van der Waals surface area contributed by atoms with Gasteiger partial charge in [-0.1, -0.05) is 6.07 Å². The standard InChI is InChI=1S/C22H27N3O4S2/c26-21(24-18-10-13-25(14-11-18)22(27)17-3-4-17)16-5-7-20(8-6-16)31(28,29)23-12-9-19-2-1-15-30-19/h1-2,5-8,15,17-18,23H,3-4,9-14H2,(H,24,26). The second kappa shape index (κ2) is 9.50. The lowest BCUT2D eigenvalue weighted by Gasteiger charge is -2.32. The van der Waals surface area contributed by atoms with Gasteiger partial charge in [-0.2, -0.15) is 0 Å². The molecule has 1 aliphatic carbocycles. The van der Waals surface area contributed by atoms with E-state index in [0.717, 1.165) is 30.6 Å². The maximum Gasteiger partial charge on any atom is 0.251 e. The molecule has 1 saturated heterocycles. The molecule has 2 amide bonds. The van der Waals surface area contributed by atoms with Gasteiger partial charge < -0.3 is 10.2 Å². The number of amides is 2. The summed E-state index contributed by atoms with van der Waals surface area (Å²) in [4.78, 5) is 27.9. The summed E-state index contributed by atoms with van der Waals surface area (Å²) in [5.41, 5.74) is 0.425. The highest BCUT2D eigenvalue weighted by molar-refractivity contribution is 7.89. The van der Waals surface area contributed by atoms with Crippen molar-refractivity contribution in [3.05, 3.63) is 52.2 Å². The predicted octanol–water partition coefficient (Wildman–Crippen LogP) is 2.40. The van der Waals surface area contributed by atoms with Crippen molar-refractivity contribution in [3.8, 4) is 0 Å². The molecular formula is C22H27N3O4S2. The van der Waals surface area contributed by atoms with Crippen LogP contribution in [0, 0.1) is 5.92 Å². The first kappa shape index (κ1) is 22.0. The van der Waals surface area contributed by atoms with Gasteiger partial charge >= 0.3 is 0 Å². The quantitative estimate of drug-likeness (QED) is 0.631. The highest BCUT2D eigenvalue weighted by Crippen LogP contribution is 2.31. The summed E-state index contributed by atoms with van der Waals surface area (Å²) in [6.45, 7) is 1.68. The molecule has 7 nitrogen and oxygen atoms in total. The van der Waals surface area contributed by atoms with E-state index < -0.39 is 10.0 Å². The van der Waals surface area contributed by atoms with Gasteiger partial charge in [-0.3, -0.25) is 9.59 Å². The minimum absolute atomic E-state index is 0.0260. The van der Waals surface area contributed by atoms with Gasteiger partial charge in [0.2, 0.25) is 15.9 Å². The van der Waals surface area contributed by atoms with Crippen molar-refractivity contribution < 1.29 is 18.0 Å². The Labute approximate surface area is 186 Å². The third-order valence-electron chi connectivity index (χ3n) is 5.74. The van der Waals surface area contributed by atoms with Crippen molar-refractivity contribution >= 4 is 33.2 Å². The van der Waals surface area contributed by atoms with Gasteiger partial charge in [0.25, 0.3) is 5.91 Å². The Morgan fingerprint density at radius 1 is 1.03 bits per heavy atom. The van der Waals surface area contributed by atoms with Crippen molar-refractivity contribution in [1.82, 2.24) is 14.9 Å². The third kappa shape index (κ3) is 5.72. The summed E-state index contributed by atoms with van der Waals surface area (Å²) in [7, 11) is -3.61. The van der Waals surface area contributed by atoms with Gasteiger partial charge in [0.05, 0.1) is 4.90 Å². The number of benzene rings is 1. The molecule has 2 N–H and O–H groups in total. The molecule has 0 bridgehead atoms. The number of piperidine rings is 1. The summed E-state index contributed by atoms with van der Waals surface area (Å²) in [6, 6.07) is 9.93. The van der Waals surface area contributed by atoms with Crippen molar-refractivity contribution in [2.75, 3.05) is 19.6 Å². The molecule has 1 aromatic heterocycles. The lowest BCUT2D eigenvalue weighted by atomic mass is 10.0. The second-order valence-corrected chi connectivity index (χ2v) is 10.9. The lowest BCUT2D eigenvalue weighted by molar-refractivity contribution is -0.133. The molecule has 2 fully saturated rings. The SMILES string of the molecule is O=C(NC1CCN(C(=O)C2CC2)CC1)c1ccc(S(=O)(=O)NCCc2cccs2)cc1. The van der Waals surface area contributed by atoms with Crippen LogP contribution in [-0.4, -0.2) is 50.8 Å². The Kier molecular flexibility index (Phi) is 6.74. The van der Waals surface area contributed by atoms with Crippen LogP contribution in [0.25, 0.3) is 0 Å². The molecule has 2 aliphatic rings. The first-order valence-corrected chi connectivity index (χ1v) is 13.0. The van der Waals surface area contributed by atoms with E-state index in [1.807, 2.05) is 22.4 Å². The fourth-order valence-corrected chi connectivity index (χ4v) is 5.47. The normalized spacial score (nSPS) is 17.5. The van der Waals surface area contributed by atoms with Crippen molar-refractivity contribution in [1.29, 1.82) is 0 Å². The number of nitrogens with zero attached hydrogens (tertiary/aromatic N) is 1. The maximum atomic E-state index is 12.6. The summed E-state index contributed by atoms with van der Waals surface area (Å²) in [5, 5.41) is 4.97. The summed E-state index contributed by atoms with van der Waals surface area (Å²) >= 11 is 1.60. The van der Waals surface area contributed by atoms with Gasteiger partial charge in [-0.25, -0.2) is 13.1 Å². The van der Waals surface area contributed by atoms with Crippen LogP contribution in [0.4, 0.5) is 0 Å². The van der Waals surface area contributed by atoms with Gasteiger partial charge in [0, 0.05) is 42.0 Å². The van der Waals surface area contributed by atoms with E-state index >= 15 is 0 Å². The average molecular weight is 462 g/mol. The molecule has 0 radical (unpaired) electrons. The molecule has 1 saturated carbocycles. The Balaban J connectivity index is 1.26. The molecule has 9 heteroatoms. The molecule has 1 aromatic carbocycles. The van der Waals surface area contributed by atoms with E-state index in [2.05, 4.69) is 10.0 Å². The van der Waals surface area contributed by atoms with Crippen LogP contribution >= 0.6 is 11.3 Å². The zero-order valence-corrected chi connectivity index (χ0v) is 18.9. The Hall–Kier alpha value is -2.23. The minimum atomic E-state index is -3.61. The lowest BCUT2D eigenvalue weighted by Crippen LogP contribution is -2.47. The minimum Gasteiger partial charge on any atom is -0.349 e. The molecule has 0 unspecified atom stereocenters. The molecule has 0 atom stereocenters. The number of sulfonamides is 1. The van der Waals surface area contributed by atoms with E-state index in [9.17, 15) is 18.0 Å². The second-order valence-electron chi connectivity index (χ2n) is 8.10. The number of nitrogens with one attached hydrogen (secondary N) is 2. The van der Waals surface area contributed by atoms with E-state index in [4.69, 9.17) is 0 Å². The Morgan fingerprint density at radius 2 is 1.74 bits per heavy atom. The smallest absolute Gasteiger partial charge is 0.251 e. The topological polar surface area (TPSA) is 95.6 Å². The van der Waals surface area contributed by atoms with Crippen LogP contribution < -0.4 is 10.0 Å². The van der Waals surface area contributed by atoms with Crippen LogP contribution in [0.3, 0.4) is 0 Å². The number of rotatable bonds is 8. The molecule has 31 heavy (non-hydrogen) atoms. The summed E-state index contributed by atoms with van der Waals surface area (Å²) < 4.78 is 27.5. The monoisotopic (exact) mass is 461 g/mol. The van der Waals surface area contributed by atoms with Crippen molar-refractivity contribution in [3.63, 3.8) is 0 Å². The van der Waals surface area contributed by atoms with Crippen LogP contribution in [0.2, 0.25) is 0 Å². The first-order chi connectivity index (χ1) is 14.9. The third-order valence-corrected chi connectivity index (χ3v) is 8.15. The number of hydrogen-bond acceptors (Lipinski definition) is 5. The average Bonchev–Trinajstić information content (AvgIpc) is 3.50. The zero-order chi connectivity index (χ0) is 21.8. The summed E-state index contributed by atoms with van der Waals surface area (Å²) in [6.07, 6.45) is 4.13. The number of carbonyl (C=O) groups is 2. The Bertz CT molecular complexity index is 1010. The number of carbonyl (C=O) groups excluding carboxylic acids is 2. The number of likely N-dealkylation sites (tertiary alicyclic amines) is 1. The van der Waals surface area contributed by atoms with E-state index in [1.54, 1.807) is 11.3 Å². The van der Waals surface area contributed by atoms with E-state index in [1.165, 1.54) is 24.3 Å². The van der Waals surface area contributed by atoms with Crippen molar-refractivity contribution in [2.45, 2.75) is 43.0 Å². The Morgan fingerprint density at radius 3 is 2.35 bits per heavy atom. The highest BCUT2D eigenvalue weighted by atomic mass is 32.2. The van der Waals surface area contributed by atoms with Crippen LogP contribution in [0.5, 0.6) is 0 Å². The molecule has 2 heterocycles. The first-order valence-electron chi connectivity index (χ1n) is 10.6. The fourth-order valence-electron chi connectivity index (χ4n) is 3.73. The molecule has 0 spiro atoms. The van der Waals surface area contributed by atoms with Crippen molar-refractivity contribution in [2.24, 2.45) is 5.92 Å². The highest BCUT2D eigenvalue weighted by Gasteiger charge is 2.35. The van der Waals surface area contributed by atoms with Crippen LogP contribution in [0.1, 0.15) is 40.9 Å². The van der Waals surface area contributed by atoms with Gasteiger partial charge in [0.1, 0.15) is 0 Å². The largest absolute Gasteiger partial charge is 0.349 e. The molecule has 166 valence electrons. The number of hydrogen-bond donors (Lipinski definition) is 2. The molecule has 2 aromatic rings. The van der Waals surface area contributed by atoms with E-state index in [-0.39, 0.29) is 28.7 Å². The van der Waals surface area contributed by atoms with Crippen LogP contribution in [-0.2, 0) is 21.2 Å².